The minimum atomic E-state index is -0.976. The first-order valence-electron chi connectivity index (χ1n) is 7.67. The number of carboxylic acid groups (broad SMARTS) is 1. The molecule has 0 atom stereocenters. The summed E-state index contributed by atoms with van der Waals surface area (Å²) in [6.07, 6.45) is 1.44. The average Bonchev–Trinajstić information content (AvgIpc) is 3.17. The quantitative estimate of drug-likeness (QED) is 0.496. The lowest BCUT2D eigenvalue weighted by atomic mass is 10.2. The number of benzene rings is 1. The van der Waals surface area contributed by atoms with Crippen molar-refractivity contribution in [3.05, 3.63) is 64.5 Å². The zero-order valence-corrected chi connectivity index (χ0v) is 15.1. The van der Waals surface area contributed by atoms with Gasteiger partial charge < -0.3 is 9.52 Å². The Labute approximate surface area is 159 Å². The van der Waals surface area contributed by atoms with E-state index in [1.165, 1.54) is 4.90 Å². The zero-order valence-electron chi connectivity index (χ0n) is 13.5. The van der Waals surface area contributed by atoms with Crippen LogP contribution in [0.3, 0.4) is 0 Å². The fourth-order valence-electron chi connectivity index (χ4n) is 2.18. The third kappa shape index (κ3) is 4.42. The van der Waals surface area contributed by atoms with Crippen molar-refractivity contribution in [3.8, 4) is 11.8 Å². The number of hydrogen-bond acceptors (Lipinski definition) is 5. The van der Waals surface area contributed by atoms with Crippen LogP contribution in [0.2, 0.25) is 0 Å². The van der Waals surface area contributed by atoms with E-state index >= 15 is 0 Å². The summed E-state index contributed by atoms with van der Waals surface area (Å²) in [6.45, 7) is 0.0588. The zero-order chi connectivity index (χ0) is 18.5. The molecule has 1 saturated heterocycles. The highest BCUT2D eigenvalue weighted by atomic mass is 32.2. The molecule has 0 saturated carbocycles. The molecule has 0 unspecified atom stereocenters. The van der Waals surface area contributed by atoms with E-state index in [0.717, 1.165) is 17.3 Å². The van der Waals surface area contributed by atoms with E-state index in [1.54, 1.807) is 18.2 Å². The predicted octanol–water partition coefficient (Wildman–Crippen LogP) is 3.36. The third-order valence-corrected chi connectivity index (χ3v) is 4.80. The van der Waals surface area contributed by atoms with Crippen LogP contribution in [0.4, 0.5) is 0 Å². The molecule has 0 radical (unpaired) electrons. The lowest BCUT2D eigenvalue weighted by Crippen LogP contribution is -2.30. The van der Waals surface area contributed by atoms with Gasteiger partial charge in [-0.1, -0.05) is 48.1 Å². The standard InChI is InChI=1S/C19H13NO4S2/c21-17(22)10-11-20-18(23)16(26-19(20)25)12-15-9-8-14(24-15)7-6-13-4-2-1-3-5-13/h1-5,8-9,12H,10-11H2,(H,21,22)/b16-12+. The minimum absolute atomic E-state index is 0.0588. The van der Waals surface area contributed by atoms with Crippen LogP contribution in [0, 0.1) is 11.8 Å². The van der Waals surface area contributed by atoms with Crippen LogP contribution in [0.1, 0.15) is 23.5 Å². The van der Waals surface area contributed by atoms with Gasteiger partial charge in [0.15, 0.2) is 5.76 Å². The second-order valence-electron chi connectivity index (χ2n) is 5.30. The Kier molecular flexibility index (Phi) is 5.56. The van der Waals surface area contributed by atoms with Gasteiger partial charge in [-0.05, 0) is 30.2 Å². The van der Waals surface area contributed by atoms with Crippen LogP contribution in [0.25, 0.3) is 6.08 Å². The van der Waals surface area contributed by atoms with Crippen molar-refractivity contribution in [2.75, 3.05) is 6.54 Å². The van der Waals surface area contributed by atoms with Crippen LogP contribution in [-0.2, 0) is 9.59 Å². The Bertz CT molecular complexity index is 951. The van der Waals surface area contributed by atoms with Crippen molar-refractivity contribution in [2.45, 2.75) is 6.42 Å². The normalized spacial score (nSPS) is 15.2. The number of hydrogen-bond donors (Lipinski definition) is 1. The minimum Gasteiger partial charge on any atom is -0.481 e. The molecule has 1 amide bonds. The number of thiocarbonyl (C=S) groups is 1. The summed E-state index contributed by atoms with van der Waals surface area (Å²) in [5.41, 5.74) is 0.879. The van der Waals surface area contributed by atoms with E-state index in [0.29, 0.717) is 20.7 Å². The first kappa shape index (κ1) is 18.0. The molecule has 26 heavy (non-hydrogen) atoms. The van der Waals surface area contributed by atoms with Crippen molar-refractivity contribution in [1.29, 1.82) is 0 Å². The smallest absolute Gasteiger partial charge is 0.305 e. The SMILES string of the molecule is O=C(O)CCN1C(=O)/C(=C\c2ccc(C#Cc3ccccc3)o2)SC1=S. The first-order valence-corrected chi connectivity index (χ1v) is 8.89. The largest absolute Gasteiger partial charge is 0.481 e. The molecule has 2 aromatic rings. The van der Waals surface area contributed by atoms with Gasteiger partial charge in [-0.25, -0.2) is 0 Å². The maximum atomic E-state index is 12.3. The molecule has 7 heteroatoms. The number of carbonyl (C=O) groups excluding carboxylic acids is 1. The number of rotatable bonds is 4. The van der Waals surface area contributed by atoms with E-state index in [2.05, 4.69) is 11.8 Å². The fourth-order valence-corrected chi connectivity index (χ4v) is 3.47. The lowest BCUT2D eigenvalue weighted by molar-refractivity contribution is -0.137. The van der Waals surface area contributed by atoms with Gasteiger partial charge in [-0.2, -0.15) is 0 Å². The summed E-state index contributed by atoms with van der Waals surface area (Å²) < 4.78 is 5.96. The van der Waals surface area contributed by atoms with Gasteiger partial charge in [0.25, 0.3) is 5.91 Å². The molecule has 1 fully saturated rings. The Hall–Kier alpha value is -2.82. The molecular formula is C19H13NO4S2. The van der Waals surface area contributed by atoms with E-state index in [1.807, 2.05) is 30.3 Å². The number of aliphatic carboxylic acids is 1. The van der Waals surface area contributed by atoms with Gasteiger partial charge in [0.2, 0.25) is 0 Å². The summed E-state index contributed by atoms with van der Waals surface area (Å²) in [6, 6.07) is 13.0. The Morgan fingerprint density at radius 1 is 1.23 bits per heavy atom. The summed E-state index contributed by atoms with van der Waals surface area (Å²) in [4.78, 5) is 24.7. The van der Waals surface area contributed by atoms with Gasteiger partial charge in [-0.15, -0.1) is 0 Å². The number of amides is 1. The van der Waals surface area contributed by atoms with E-state index < -0.39 is 5.97 Å². The maximum Gasteiger partial charge on any atom is 0.305 e. The molecule has 3 rings (SSSR count). The van der Waals surface area contributed by atoms with E-state index in [9.17, 15) is 9.59 Å². The summed E-state index contributed by atoms with van der Waals surface area (Å²) in [7, 11) is 0. The highest BCUT2D eigenvalue weighted by molar-refractivity contribution is 8.26. The predicted molar refractivity (Wildman–Crippen MR) is 103 cm³/mol. The van der Waals surface area contributed by atoms with Crippen LogP contribution in [-0.4, -0.2) is 32.7 Å². The molecule has 130 valence electrons. The summed E-state index contributed by atoms with van der Waals surface area (Å²) >= 11 is 6.27. The highest BCUT2D eigenvalue weighted by Gasteiger charge is 2.32. The van der Waals surface area contributed by atoms with Gasteiger partial charge >= 0.3 is 5.97 Å². The molecule has 5 nitrogen and oxygen atoms in total. The monoisotopic (exact) mass is 383 g/mol. The molecule has 1 N–H and O–H groups in total. The first-order chi connectivity index (χ1) is 12.5. The van der Waals surface area contributed by atoms with Crippen LogP contribution in [0.15, 0.2) is 51.8 Å². The van der Waals surface area contributed by atoms with E-state index in [-0.39, 0.29) is 18.9 Å². The van der Waals surface area contributed by atoms with Crippen molar-refractivity contribution >= 4 is 46.3 Å². The van der Waals surface area contributed by atoms with Crippen LogP contribution < -0.4 is 0 Å². The van der Waals surface area contributed by atoms with Crippen molar-refractivity contribution in [3.63, 3.8) is 0 Å². The Balaban J connectivity index is 1.72. The number of carboxylic acids is 1. The molecule has 1 aromatic heterocycles. The molecule has 1 aromatic carbocycles. The second kappa shape index (κ2) is 8.04. The van der Waals surface area contributed by atoms with E-state index in [4.69, 9.17) is 21.7 Å². The van der Waals surface area contributed by atoms with Crippen LogP contribution >= 0.6 is 24.0 Å². The molecule has 0 bridgehead atoms. The molecule has 0 spiro atoms. The summed E-state index contributed by atoms with van der Waals surface area (Å²) in [5, 5.41) is 8.75. The fraction of sp³-hybridized carbons (Fsp3) is 0.105. The third-order valence-electron chi connectivity index (χ3n) is 3.43. The molecular weight excluding hydrogens is 370 g/mol. The van der Waals surface area contributed by atoms with Gasteiger partial charge in [0.05, 0.1) is 11.3 Å². The van der Waals surface area contributed by atoms with Gasteiger partial charge in [-0.3, -0.25) is 14.5 Å². The molecule has 2 heterocycles. The topological polar surface area (TPSA) is 70.8 Å². The van der Waals surface area contributed by atoms with Gasteiger partial charge in [0.1, 0.15) is 10.1 Å². The highest BCUT2D eigenvalue weighted by Crippen LogP contribution is 2.32. The van der Waals surface area contributed by atoms with Crippen LogP contribution in [0.5, 0.6) is 0 Å². The number of carbonyl (C=O) groups is 2. The average molecular weight is 383 g/mol. The lowest BCUT2D eigenvalue weighted by Gasteiger charge is -2.12. The maximum absolute atomic E-state index is 12.3. The molecule has 1 aliphatic heterocycles. The number of nitrogens with zero attached hydrogens (tertiary/aromatic N) is 1. The van der Waals surface area contributed by atoms with Crippen molar-refractivity contribution in [2.24, 2.45) is 0 Å². The Morgan fingerprint density at radius 2 is 2.00 bits per heavy atom. The molecule has 1 aliphatic rings. The number of thioether (sulfide) groups is 1. The summed E-state index contributed by atoms with van der Waals surface area (Å²) in [5.74, 6) is 5.61. The van der Waals surface area contributed by atoms with Crippen molar-refractivity contribution in [1.82, 2.24) is 4.90 Å². The Morgan fingerprint density at radius 3 is 2.73 bits per heavy atom. The molecule has 0 aliphatic carbocycles. The second-order valence-corrected chi connectivity index (χ2v) is 6.97. The van der Waals surface area contributed by atoms with Crippen molar-refractivity contribution < 1.29 is 19.1 Å². The van der Waals surface area contributed by atoms with Gasteiger partial charge in [0, 0.05) is 18.2 Å². The number of furan rings is 1.